The SMILES string of the molecule is CS(=O)(=O)Nc1ccccc1NC(=O)[C@@H]1C[C@@H]1c1ccc(F)cc1. The molecule has 0 unspecified atom stereocenters. The van der Waals surface area contributed by atoms with Crippen molar-refractivity contribution in [2.75, 3.05) is 16.3 Å². The predicted molar refractivity (Wildman–Crippen MR) is 90.8 cm³/mol. The first kappa shape index (κ1) is 16.4. The highest BCUT2D eigenvalue weighted by molar-refractivity contribution is 7.92. The lowest BCUT2D eigenvalue weighted by molar-refractivity contribution is -0.117. The second-order valence-electron chi connectivity index (χ2n) is 5.91. The van der Waals surface area contributed by atoms with Crippen molar-refractivity contribution in [3.8, 4) is 0 Å². The summed E-state index contributed by atoms with van der Waals surface area (Å²) in [7, 11) is -3.43. The van der Waals surface area contributed by atoms with Gasteiger partial charge in [0.15, 0.2) is 0 Å². The zero-order valence-electron chi connectivity index (χ0n) is 13.0. The molecular weight excluding hydrogens is 331 g/mol. The van der Waals surface area contributed by atoms with Gasteiger partial charge in [0, 0.05) is 5.92 Å². The molecule has 1 fully saturated rings. The molecule has 0 spiro atoms. The lowest BCUT2D eigenvalue weighted by atomic mass is 10.1. The monoisotopic (exact) mass is 348 g/mol. The molecule has 7 heteroatoms. The van der Waals surface area contributed by atoms with Crippen LogP contribution in [0, 0.1) is 11.7 Å². The van der Waals surface area contributed by atoms with Gasteiger partial charge in [-0.25, -0.2) is 12.8 Å². The van der Waals surface area contributed by atoms with Crippen molar-refractivity contribution in [1.29, 1.82) is 0 Å². The van der Waals surface area contributed by atoms with Crippen LogP contribution >= 0.6 is 0 Å². The molecule has 3 rings (SSSR count). The van der Waals surface area contributed by atoms with Crippen LogP contribution in [0.15, 0.2) is 48.5 Å². The number of para-hydroxylation sites is 2. The van der Waals surface area contributed by atoms with E-state index >= 15 is 0 Å². The van der Waals surface area contributed by atoms with Gasteiger partial charge in [-0.05, 0) is 42.2 Å². The minimum absolute atomic E-state index is 0.0700. The first-order valence-electron chi connectivity index (χ1n) is 7.46. The van der Waals surface area contributed by atoms with Gasteiger partial charge in [-0.15, -0.1) is 0 Å². The molecule has 0 aromatic heterocycles. The van der Waals surface area contributed by atoms with Crippen LogP contribution in [-0.2, 0) is 14.8 Å². The Morgan fingerprint density at radius 2 is 1.71 bits per heavy atom. The zero-order valence-corrected chi connectivity index (χ0v) is 13.8. The van der Waals surface area contributed by atoms with Crippen LogP contribution in [0.2, 0.25) is 0 Å². The van der Waals surface area contributed by atoms with E-state index in [9.17, 15) is 17.6 Å². The number of rotatable bonds is 5. The lowest BCUT2D eigenvalue weighted by Crippen LogP contribution is -2.17. The molecule has 0 aliphatic heterocycles. The second kappa shape index (κ2) is 6.24. The van der Waals surface area contributed by atoms with E-state index in [0.717, 1.165) is 11.8 Å². The highest BCUT2D eigenvalue weighted by Crippen LogP contribution is 2.48. The third-order valence-electron chi connectivity index (χ3n) is 3.91. The van der Waals surface area contributed by atoms with Crippen molar-refractivity contribution < 1.29 is 17.6 Å². The molecule has 24 heavy (non-hydrogen) atoms. The van der Waals surface area contributed by atoms with Crippen LogP contribution in [0.1, 0.15) is 17.9 Å². The first-order chi connectivity index (χ1) is 11.3. The molecule has 0 saturated heterocycles. The molecular formula is C17H17FN2O3S. The minimum atomic E-state index is -3.43. The number of halogens is 1. The highest BCUT2D eigenvalue weighted by Gasteiger charge is 2.44. The van der Waals surface area contributed by atoms with E-state index in [2.05, 4.69) is 10.0 Å². The van der Waals surface area contributed by atoms with Crippen LogP contribution in [0.3, 0.4) is 0 Å². The van der Waals surface area contributed by atoms with Crippen LogP contribution in [-0.4, -0.2) is 20.6 Å². The molecule has 0 bridgehead atoms. The van der Waals surface area contributed by atoms with Gasteiger partial charge < -0.3 is 5.32 Å². The normalized spacial score (nSPS) is 19.6. The fourth-order valence-corrected chi connectivity index (χ4v) is 3.25. The maximum Gasteiger partial charge on any atom is 0.229 e. The van der Waals surface area contributed by atoms with Crippen molar-refractivity contribution in [2.45, 2.75) is 12.3 Å². The van der Waals surface area contributed by atoms with Gasteiger partial charge in [0.1, 0.15) is 5.82 Å². The van der Waals surface area contributed by atoms with Gasteiger partial charge in [0.25, 0.3) is 0 Å². The Bertz CT molecular complexity index is 866. The molecule has 5 nitrogen and oxygen atoms in total. The molecule has 1 saturated carbocycles. The van der Waals surface area contributed by atoms with Crippen molar-refractivity contribution in [3.05, 3.63) is 59.9 Å². The van der Waals surface area contributed by atoms with Gasteiger partial charge in [-0.2, -0.15) is 0 Å². The summed E-state index contributed by atoms with van der Waals surface area (Å²) in [6.07, 6.45) is 1.75. The van der Waals surface area contributed by atoms with E-state index in [1.54, 1.807) is 36.4 Å². The molecule has 1 aliphatic carbocycles. The maximum atomic E-state index is 13.0. The fraction of sp³-hybridized carbons (Fsp3) is 0.235. The van der Waals surface area contributed by atoms with Crippen LogP contribution < -0.4 is 10.0 Å². The Morgan fingerprint density at radius 3 is 2.33 bits per heavy atom. The van der Waals surface area contributed by atoms with E-state index in [1.807, 2.05) is 0 Å². The van der Waals surface area contributed by atoms with Gasteiger partial charge in [0.2, 0.25) is 15.9 Å². The largest absolute Gasteiger partial charge is 0.324 e. The number of hydrogen-bond donors (Lipinski definition) is 2. The zero-order chi connectivity index (χ0) is 17.3. The lowest BCUT2D eigenvalue weighted by Gasteiger charge is -2.11. The number of sulfonamides is 1. The average Bonchev–Trinajstić information content (AvgIpc) is 3.29. The summed E-state index contributed by atoms with van der Waals surface area (Å²) in [5.74, 6) is -0.601. The number of benzene rings is 2. The van der Waals surface area contributed by atoms with Crippen LogP contribution in [0.4, 0.5) is 15.8 Å². The summed E-state index contributed by atoms with van der Waals surface area (Å²) in [5.41, 5.74) is 1.67. The standard InChI is InChI=1S/C17H17FN2O3S/c1-24(22,23)20-16-5-3-2-4-15(16)19-17(21)14-10-13(14)11-6-8-12(18)9-7-11/h2-9,13-14,20H,10H2,1H3,(H,19,21)/t13-,14-/m1/s1. The second-order valence-corrected chi connectivity index (χ2v) is 7.66. The highest BCUT2D eigenvalue weighted by atomic mass is 32.2. The predicted octanol–water partition coefficient (Wildman–Crippen LogP) is 2.94. The summed E-state index contributed by atoms with van der Waals surface area (Å²) in [6.45, 7) is 0. The Morgan fingerprint density at radius 1 is 1.08 bits per heavy atom. The Labute approximate surface area is 139 Å². The average molecular weight is 348 g/mol. The van der Waals surface area contributed by atoms with E-state index in [0.29, 0.717) is 17.8 Å². The molecule has 2 atom stereocenters. The Kier molecular flexibility index (Phi) is 4.28. The summed E-state index contributed by atoms with van der Waals surface area (Å²) in [6, 6.07) is 12.8. The molecule has 0 heterocycles. The number of carbonyl (C=O) groups excluding carboxylic acids is 1. The molecule has 2 aromatic carbocycles. The Hall–Kier alpha value is -2.41. The van der Waals surface area contributed by atoms with E-state index in [4.69, 9.17) is 0 Å². The summed E-state index contributed by atoms with van der Waals surface area (Å²) < 4.78 is 38.1. The van der Waals surface area contributed by atoms with E-state index in [-0.39, 0.29) is 23.6 Å². The minimum Gasteiger partial charge on any atom is -0.324 e. The quantitative estimate of drug-likeness (QED) is 0.872. The van der Waals surface area contributed by atoms with Crippen LogP contribution in [0.5, 0.6) is 0 Å². The van der Waals surface area contributed by atoms with E-state index < -0.39 is 10.0 Å². The third kappa shape index (κ3) is 3.91. The molecule has 2 N–H and O–H groups in total. The maximum absolute atomic E-state index is 13.0. The summed E-state index contributed by atoms with van der Waals surface area (Å²) >= 11 is 0. The van der Waals surface area contributed by atoms with Crippen molar-refractivity contribution in [1.82, 2.24) is 0 Å². The van der Waals surface area contributed by atoms with Gasteiger partial charge in [-0.3, -0.25) is 9.52 Å². The van der Waals surface area contributed by atoms with Crippen molar-refractivity contribution in [3.63, 3.8) is 0 Å². The number of hydrogen-bond acceptors (Lipinski definition) is 3. The Balaban J connectivity index is 1.69. The molecule has 126 valence electrons. The molecule has 2 aromatic rings. The summed E-state index contributed by atoms with van der Waals surface area (Å²) in [5, 5.41) is 2.77. The first-order valence-corrected chi connectivity index (χ1v) is 9.36. The van der Waals surface area contributed by atoms with Crippen LogP contribution in [0.25, 0.3) is 0 Å². The number of nitrogens with one attached hydrogen (secondary N) is 2. The third-order valence-corrected chi connectivity index (χ3v) is 4.50. The van der Waals surface area contributed by atoms with E-state index in [1.165, 1.54) is 12.1 Å². The molecule has 1 aliphatic rings. The van der Waals surface area contributed by atoms with Gasteiger partial charge in [0.05, 0.1) is 17.6 Å². The summed E-state index contributed by atoms with van der Waals surface area (Å²) in [4.78, 5) is 12.4. The fourth-order valence-electron chi connectivity index (χ4n) is 2.67. The number of anilines is 2. The van der Waals surface area contributed by atoms with Crippen molar-refractivity contribution >= 4 is 27.3 Å². The van der Waals surface area contributed by atoms with Gasteiger partial charge >= 0.3 is 0 Å². The number of carbonyl (C=O) groups is 1. The van der Waals surface area contributed by atoms with Gasteiger partial charge in [-0.1, -0.05) is 24.3 Å². The molecule has 1 amide bonds. The number of amides is 1. The van der Waals surface area contributed by atoms with Crippen molar-refractivity contribution in [2.24, 2.45) is 5.92 Å². The topological polar surface area (TPSA) is 75.3 Å². The molecule has 0 radical (unpaired) electrons. The smallest absolute Gasteiger partial charge is 0.229 e.